The van der Waals surface area contributed by atoms with Crippen molar-refractivity contribution in [3.63, 3.8) is 0 Å². The van der Waals surface area contributed by atoms with Crippen LogP contribution in [-0.4, -0.2) is 42.3 Å². The van der Waals surface area contributed by atoms with Crippen LogP contribution in [0.2, 0.25) is 0 Å². The van der Waals surface area contributed by atoms with Crippen molar-refractivity contribution in [3.05, 3.63) is 90.0 Å². The number of anilines is 3. The van der Waals surface area contributed by atoms with Crippen LogP contribution in [0.4, 0.5) is 17.1 Å². The van der Waals surface area contributed by atoms with Gasteiger partial charge in [-0.3, -0.25) is 14.4 Å². The highest BCUT2D eigenvalue weighted by atomic mass is 16.2. The molecule has 0 spiro atoms. The van der Waals surface area contributed by atoms with Crippen LogP contribution in [-0.2, 0) is 4.79 Å². The largest absolute Gasteiger partial charge is 0.376 e. The molecule has 0 aliphatic carbocycles. The van der Waals surface area contributed by atoms with Gasteiger partial charge in [0.2, 0.25) is 5.91 Å². The van der Waals surface area contributed by atoms with Crippen LogP contribution in [0.5, 0.6) is 0 Å². The van der Waals surface area contributed by atoms with Crippen molar-refractivity contribution >= 4 is 34.8 Å². The van der Waals surface area contributed by atoms with Gasteiger partial charge in [-0.1, -0.05) is 30.3 Å². The van der Waals surface area contributed by atoms with E-state index >= 15 is 0 Å². The van der Waals surface area contributed by atoms with E-state index < -0.39 is 0 Å². The maximum Gasteiger partial charge on any atom is 0.255 e. The average molecular weight is 443 g/mol. The summed E-state index contributed by atoms with van der Waals surface area (Å²) >= 11 is 0. The Kier molecular flexibility index (Phi) is 6.99. The summed E-state index contributed by atoms with van der Waals surface area (Å²) in [7, 11) is 0. The Morgan fingerprint density at radius 3 is 2.09 bits per heavy atom. The highest BCUT2D eigenvalue weighted by molar-refractivity contribution is 6.04. The SMILES string of the molecule is O=C(CNc1cccc(NC(=O)c2ccccc2)c1)Nc1cccc(C(=O)N2CCCC2)c1. The normalized spacial score (nSPS) is 12.8. The molecule has 1 heterocycles. The van der Waals surface area contributed by atoms with Crippen LogP contribution in [0.1, 0.15) is 33.6 Å². The van der Waals surface area contributed by atoms with E-state index in [0.717, 1.165) is 25.9 Å². The van der Waals surface area contributed by atoms with Crippen molar-refractivity contribution in [2.75, 3.05) is 35.6 Å². The second-order valence-corrected chi connectivity index (χ2v) is 7.88. The van der Waals surface area contributed by atoms with Gasteiger partial charge in [-0.05, 0) is 61.4 Å². The molecule has 3 aromatic carbocycles. The molecule has 0 bridgehead atoms. The number of hydrogen-bond acceptors (Lipinski definition) is 4. The first kappa shape index (κ1) is 22.1. The Bertz CT molecular complexity index is 1140. The molecule has 0 radical (unpaired) electrons. The van der Waals surface area contributed by atoms with Gasteiger partial charge >= 0.3 is 0 Å². The van der Waals surface area contributed by atoms with Crippen molar-refractivity contribution in [1.82, 2.24) is 4.90 Å². The molecule has 7 heteroatoms. The first-order valence-electron chi connectivity index (χ1n) is 11.0. The molecule has 0 unspecified atom stereocenters. The van der Waals surface area contributed by atoms with Crippen LogP contribution >= 0.6 is 0 Å². The van der Waals surface area contributed by atoms with Crippen molar-refractivity contribution in [1.29, 1.82) is 0 Å². The van der Waals surface area contributed by atoms with Gasteiger partial charge in [0.1, 0.15) is 0 Å². The number of carbonyl (C=O) groups excluding carboxylic acids is 3. The first-order valence-corrected chi connectivity index (χ1v) is 11.0. The second-order valence-electron chi connectivity index (χ2n) is 7.88. The molecule has 0 saturated carbocycles. The molecule has 1 aliphatic heterocycles. The number of rotatable bonds is 7. The summed E-state index contributed by atoms with van der Waals surface area (Å²) in [6.45, 7) is 1.61. The zero-order chi connectivity index (χ0) is 23.0. The summed E-state index contributed by atoms with van der Waals surface area (Å²) in [5, 5.41) is 8.74. The van der Waals surface area contributed by atoms with Gasteiger partial charge in [0.05, 0.1) is 6.54 Å². The van der Waals surface area contributed by atoms with Crippen LogP contribution in [0.15, 0.2) is 78.9 Å². The van der Waals surface area contributed by atoms with Crippen LogP contribution < -0.4 is 16.0 Å². The van der Waals surface area contributed by atoms with E-state index in [4.69, 9.17) is 0 Å². The molecule has 0 atom stereocenters. The molecule has 1 saturated heterocycles. The predicted octanol–water partition coefficient (Wildman–Crippen LogP) is 4.23. The molecule has 3 aromatic rings. The smallest absolute Gasteiger partial charge is 0.255 e. The topological polar surface area (TPSA) is 90.5 Å². The Labute approximate surface area is 192 Å². The maximum atomic E-state index is 12.6. The number of nitrogens with one attached hydrogen (secondary N) is 3. The Balaban J connectivity index is 1.31. The second kappa shape index (κ2) is 10.5. The zero-order valence-corrected chi connectivity index (χ0v) is 18.2. The molecule has 4 rings (SSSR count). The predicted molar refractivity (Wildman–Crippen MR) is 130 cm³/mol. The van der Waals surface area contributed by atoms with Crippen LogP contribution in [0.3, 0.4) is 0 Å². The number of hydrogen-bond donors (Lipinski definition) is 3. The molecular weight excluding hydrogens is 416 g/mol. The first-order chi connectivity index (χ1) is 16.1. The molecule has 3 amide bonds. The van der Waals surface area contributed by atoms with Gasteiger partial charge in [0.25, 0.3) is 11.8 Å². The van der Waals surface area contributed by atoms with E-state index in [2.05, 4.69) is 16.0 Å². The molecule has 33 heavy (non-hydrogen) atoms. The molecule has 3 N–H and O–H groups in total. The summed E-state index contributed by atoms with van der Waals surface area (Å²) in [4.78, 5) is 39.2. The van der Waals surface area contributed by atoms with Crippen molar-refractivity contribution in [2.45, 2.75) is 12.8 Å². The third-order valence-corrected chi connectivity index (χ3v) is 5.40. The molecule has 168 valence electrons. The van der Waals surface area contributed by atoms with Gasteiger partial charge < -0.3 is 20.9 Å². The minimum Gasteiger partial charge on any atom is -0.376 e. The monoisotopic (exact) mass is 442 g/mol. The van der Waals surface area contributed by atoms with Gasteiger partial charge in [0, 0.05) is 41.3 Å². The lowest BCUT2D eigenvalue weighted by Crippen LogP contribution is -2.27. The fourth-order valence-corrected chi connectivity index (χ4v) is 3.72. The highest BCUT2D eigenvalue weighted by Crippen LogP contribution is 2.18. The molecule has 7 nitrogen and oxygen atoms in total. The van der Waals surface area contributed by atoms with Crippen LogP contribution in [0.25, 0.3) is 0 Å². The van der Waals surface area contributed by atoms with Crippen molar-refractivity contribution in [3.8, 4) is 0 Å². The minimum atomic E-state index is -0.237. The standard InChI is InChI=1S/C26H26N4O3/c31-24(28-22-12-6-10-20(16-22)26(33)30-14-4-5-15-30)18-27-21-11-7-13-23(17-21)29-25(32)19-8-2-1-3-9-19/h1-3,6-13,16-17,27H,4-5,14-15,18H2,(H,28,31)(H,29,32). The number of carbonyl (C=O) groups is 3. The maximum absolute atomic E-state index is 12.6. The van der Waals surface area contributed by atoms with Gasteiger partial charge in [0.15, 0.2) is 0 Å². The van der Waals surface area contributed by atoms with E-state index in [1.807, 2.05) is 29.2 Å². The molecular formula is C26H26N4O3. The third-order valence-electron chi connectivity index (χ3n) is 5.40. The lowest BCUT2D eigenvalue weighted by molar-refractivity contribution is -0.114. The van der Waals surface area contributed by atoms with Gasteiger partial charge in [-0.2, -0.15) is 0 Å². The summed E-state index contributed by atoms with van der Waals surface area (Å²) in [5.41, 5.74) is 3.05. The fourth-order valence-electron chi connectivity index (χ4n) is 3.72. The zero-order valence-electron chi connectivity index (χ0n) is 18.2. The van der Waals surface area contributed by atoms with Gasteiger partial charge in [-0.15, -0.1) is 0 Å². The minimum absolute atomic E-state index is 0.00362. The molecule has 0 aromatic heterocycles. The highest BCUT2D eigenvalue weighted by Gasteiger charge is 2.19. The summed E-state index contributed by atoms with van der Waals surface area (Å²) < 4.78 is 0. The van der Waals surface area contributed by atoms with Crippen molar-refractivity contribution in [2.24, 2.45) is 0 Å². The quantitative estimate of drug-likeness (QED) is 0.511. The van der Waals surface area contributed by atoms with E-state index in [9.17, 15) is 14.4 Å². The Morgan fingerprint density at radius 1 is 0.697 bits per heavy atom. The van der Waals surface area contributed by atoms with E-state index in [0.29, 0.717) is 28.2 Å². The third kappa shape index (κ3) is 5.98. The molecule has 1 aliphatic rings. The number of nitrogens with zero attached hydrogens (tertiary/aromatic N) is 1. The molecule has 1 fully saturated rings. The number of likely N-dealkylation sites (tertiary alicyclic amines) is 1. The van der Waals surface area contributed by atoms with E-state index in [-0.39, 0.29) is 24.3 Å². The van der Waals surface area contributed by atoms with Crippen molar-refractivity contribution < 1.29 is 14.4 Å². The Hall–Kier alpha value is -4.13. The van der Waals surface area contributed by atoms with Crippen LogP contribution in [0, 0.1) is 0 Å². The summed E-state index contributed by atoms with van der Waals surface area (Å²) in [6.07, 6.45) is 2.07. The summed E-state index contributed by atoms with van der Waals surface area (Å²) in [5.74, 6) is -0.440. The Morgan fingerprint density at radius 2 is 1.33 bits per heavy atom. The number of benzene rings is 3. The lowest BCUT2D eigenvalue weighted by atomic mass is 10.1. The van der Waals surface area contributed by atoms with E-state index in [1.165, 1.54) is 0 Å². The fraction of sp³-hybridized carbons (Fsp3) is 0.192. The number of amides is 3. The van der Waals surface area contributed by atoms with Gasteiger partial charge in [-0.25, -0.2) is 0 Å². The average Bonchev–Trinajstić information content (AvgIpc) is 3.38. The summed E-state index contributed by atoms with van der Waals surface area (Å²) in [6, 6.07) is 23.1. The lowest BCUT2D eigenvalue weighted by Gasteiger charge is -2.16. The van der Waals surface area contributed by atoms with E-state index in [1.54, 1.807) is 54.6 Å².